The number of pyridine rings is 2. The molecule has 3 heterocycles. The quantitative estimate of drug-likeness (QED) is 0.207. The van der Waals surface area contributed by atoms with Gasteiger partial charge in [-0.25, -0.2) is 18.6 Å². The molecule has 0 spiro atoms. The number of hydrogen-bond acceptors (Lipinski definition) is 8. The van der Waals surface area contributed by atoms with Gasteiger partial charge < -0.3 is 24.4 Å². The first-order valence-corrected chi connectivity index (χ1v) is 14.1. The SMILES string of the molecule is COC(=O)[C@H](Cc1ccc(-c2nc(C)ccc2OC)c2ncccc12)NC(=O)c1c(F)cc(N2CCOC[C@H]2C(F)(F)F)cc1F. The van der Waals surface area contributed by atoms with Gasteiger partial charge in [-0.3, -0.25) is 9.78 Å². The highest BCUT2D eigenvalue weighted by molar-refractivity contribution is 5.99. The highest BCUT2D eigenvalue weighted by atomic mass is 19.4. The molecule has 1 amide bonds. The van der Waals surface area contributed by atoms with Gasteiger partial charge in [-0.1, -0.05) is 18.2 Å². The molecular formula is C32H29F5N4O5. The van der Waals surface area contributed by atoms with Gasteiger partial charge in [-0.05, 0) is 42.8 Å². The summed E-state index contributed by atoms with van der Waals surface area (Å²) in [5.41, 5.74) is 1.55. The predicted molar refractivity (Wildman–Crippen MR) is 158 cm³/mol. The zero-order valence-corrected chi connectivity index (χ0v) is 25.0. The van der Waals surface area contributed by atoms with E-state index in [0.29, 0.717) is 45.6 Å². The zero-order chi connectivity index (χ0) is 33.2. The van der Waals surface area contributed by atoms with E-state index in [0.717, 1.165) is 17.7 Å². The molecule has 14 heteroatoms. The molecule has 46 heavy (non-hydrogen) atoms. The van der Waals surface area contributed by atoms with Crippen LogP contribution in [0.4, 0.5) is 27.6 Å². The van der Waals surface area contributed by atoms with Gasteiger partial charge >= 0.3 is 12.1 Å². The fourth-order valence-corrected chi connectivity index (χ4v) is 5.41. The van der Waals surface area contributed by atoms with Crippen LogP contribution in [0.2, 0.25) is 0 Å². The Kier molecular flexibility index (Phi) is 9.37. The van der Waals surface area contributed by atoms with E-state index in [-0.39, 0.29) is 19.6 Å². The maximum atomic E-state index is 15.2. The molecule has 0 unspecified atom stereocenters. The van der Waals surface area contributed by atoms with E-state index in [9.17, 15) is 22.8 Å². The number of halogens is 5. The number of nitrogens with one attached hydrogen (secondary N) is 1. The molecule has 1 saturated heterocycles. The maximum absolute atomic E-state index is 15.2. The molecule has 1 N–H and O–H groups in total. The number of amides is 1. The van der Waals surface area contributed by atoms with E-state index < -0.39 is 59.6 Å². The number of methoxy groups -OCH3 is 2. The fraction of sp³-hybridized carbons (Fsp3) is 0.312. The monoisotopic (exact) mass is 644 g/mol. The number of alkyl halides is 3. The van der Waals surface area contributed by atoms with Crippen LogP contribution in [0.25, 0.3) is 22.2 Å². The van der Waals surface area contributed by atoms with Crippen molar-refractivity contribution in [2.75, 3.05) is 38.9 Å². The van der Waals surface area contributed by atoms with Gasteiger partial charge in [0.25, 0.3) is 5.91 Å². The summed E-state index contributed by atoms with van der Waals surface area (Å²) in [6.45, 7) is 0.764. The lowest BCUT2D eigenvalue weighted by molar-refractivity contribution is -0.167. The number of nitrogens with zero attached hydrogens (tertiary/aromatic N) is 3. The third-order valence-electron chi connectivity index (χ3n) is 7.64. The summed E-state index contributed by atoms with van der Waals surface area (Å²) >= 11 is 0. The maximum Gasteiger partial charge on any atom is 0.411 e. The van der Waals surface area contributed by atoms with Gasteiger partial charge in [-0.15, -0.1) is 0 Å². The number of anilines is 1. The minimum absolute atomic E-state index is 0.0842. The number of aromatic nitrogens is 2. The highest BCUT2D eigenvalue weighted by Gasteiger charge is 2.46. The van der Waals surface area contributed by atoms with E-state index in [1.165, 1.54) is 7.11 Å². The zero-order valence-electron chi connectivity index (χ0n) is 25.0. The molecule has 1 fully saturated rings. The van der Waals surface area contributed by atoms with Crippen LogP contribution < -0.4 is 15.0 Å². The molecule has 242 valence electrons. The lowest BCUT2D eigenvalue weighted by atomic mass is 9.96. The summed E-state index contributed by atoms with van der Waals surface area (Å²) < 4.78 is 86.3. The average molecular weight is 645 g/mol. The number of esters is 1. The van der Waals surface area contributed by atoms with Crippen LogP contribution in [0.1, 0.15) is 21.6 Å². The number of benzene rings is 2. The van der Waals surface area contributed by atoms with Crippen molar-refractivity contribution in [3.63, 3.8) is 0 Å². The topological polar surface area (TPSA) is 103 Å². The van der Waals surface area contributed by atoms with Crippen LogP contribution in [0.5, 0.6) is 5.75 Å². The summed E-state index contributed by atoms with van der Waals surface area (Å²) in [5.74, 6) is -4.47. The van der Waals surface area contributed by atoms with Crippen molar-refractivity contribution in [1.82, 2.24) is 15.3 Å². The smallest absolute Gasteiger partial charge is 0.411 e. The Hall–Kier alpha value is -4.85. The van der Waals surface area contributed by atoms with Gasteiger partial charge in [0.1, 0.15) is 40.7 Å². The largest absolute Gasteiger partial charge is 0.494 e. The Morgan fingerprint density at radius 2 is 1.85 bits per heavy atom. The van der Waals surface area contributed by atoms with Gasteiger partial charge in [0.2, 0.25) is 0 Å². The van der Waals surface area contributed by atoms with Crippen molar-refractivity contribution in [1.29, 1.82) is 0 Å². The number of carbonyl (C=O) groups excluding carboxylic acids is 2. The Morgan fingerprint density at radius 1 is 1.11 bits per heavy atom. The van der Waals surface area contributed by atoms with Crippen molar-refractivity contribution in [2.45, 2.75) is 31.6 Å². The molecule has 9 nitrogen and oxygen atoms in total. The van der Waals surface area contributed by atoms with E-state index >= 15 is 8.78 Å². The lowest BCUT2D eigenvalue weighted by Gasteiger charge is -2.38. The molecule has 5 rings (SSSR count). The molecule has 0 aliphatic carbocycles. The molecule has 4 aromatic rings. The Labute approximate surface area is 260 Å². The van der Waals surface area contributed by atoms with E-state index in [1.807, 2.05) is 6.92 Å². The first kappa shape index (κ1) is 32.5. The van der Waals surface area contributed by atoms with Crippen LogP contribution in [0.15, 0.2) is 54.7 Å². The number of carbonyl (C=O) groups is 2. The van der Waals surface area contributed by atoms with Gasteiger partial charge in [0, 0.05) is 41.5 Å². The Balaban J connectivity index is 1.45. The highest BCUT2D eigenvalue weighted by Crippen LogP contribution is 2.35. The summed E-state index contributed by atoms with van der Waals surface area (Å²) in [6, 6.07) is 8.27. The molecule has 0 saturated carbocycles. The predicted octanol–water partition coefficient (Wildman–Crippen LogP) is 5.17. The minimum Gasteiger partial charge on any atom is -0.494 e. The van der Waals surface area contributed by atoms with Crippen LogP contribution in [-0.2, 0) is 20.7 Å². The molecule has 1 aliphatic heterocycles. The van der Waals surface area contributed by atoms with E-state index in [2.05, 4.69) is 15.3 Å². The van der Waals surface area contributed by atoms with Crippen molar-refractivity contribution >= 4 is 28.5 Å². The van der Waals surface area contributed by atoms with Crippen molar-refractivity contribution in [3.8, 4) is 17.0 Å². The normalized spacial score (nSPS) is 15.8. The minimum atomic E-state index is -4.72. The number of fused-ring (bicyclic) bond motifs is 1. The Bertz CT molecular complexity index is 1760. The number of hydrogen-bond donors (Lipinski definition) is 1. The molecule has 0 radical (unpaired) electrons. The van der Waals surface area contributed by atoms with Gasteiger partial charge in [0.05, 0.1) is 33.0 Å². The van der Waals surface area contributed by atoms with Gasteiger partial charge in [-0.2, -0.15) is 13.2 Å². The second-order valence-corrected chi connectivity index (χ2v) is 10.5. The molecule has 2 aromatic carbocycles. The van der Waals surface area contributed by atoms with E-state index in [1.54, 1.807) is 42.6 Å². The fourth-order valence-electron chi connectivity index (χ4n) is 5.41. The average Bonchev–Trinajstić information content (AvgIpc) is 3.03. The number of aryl methyl sites for hydroxylation is 1. The summed E-state index contributed by atoms with van der Waals surface area (Å²) in [4.78, 5) is 35.9. The summed E-state index contributed by atoms with van der Waals surface area (Å²) in [7, 11) is 2.61. The molecule has 2 aromatic heterocycles. The molecule has 1 aliphatic rings. The molecule has 2 atom stereocenters. The van der Waals surface area contributed by atoms with Crippen LogP contribution >= 0.6 is 0 Å². The van der Waals surface area contributed by atoms with Crippen molar-refractivity contribution in [2.24, 2.45) is 0 Å². The first-order valence-electron chi connectivity index (χ1n) is 14.1. The Morgan fingerprint density at radius 3 is 2.52 bits per heavy atom. The van der Waals surface area contributed by atoms with E-state index in [4.69, 9.17) is 14.2 Å². The second-order valence-electron chi connectivity index (χ2n) is 10.5. The summed E-state index contributed by atoms with van der Waals surface area (Å²) in [5, 5.41) is 2.93. The van der Waals surface area contributed by atoms with Crippen LogP contribution in [0.3, 0.4) is 0 Å². The lowest BCUT2D eigenvalue weighted by Crippen LogP contribution is -2.53. The van der Waals surface area contributed by atoms with Crippen molar-refractivity contribution in [3.05, 3.63) is 83.2 Å². The molecule has 0 bridgehead atoms. The van der Waals surface area contributed by atoms with Crippen molar-refractivity contribution < 1.29 is 45.8 Å². The number of rotatable bonds is 8. The number of morpholine rings is 1. The number of ether oxygens (including phenoxy) is 3. The van der Waals surface area contributed by atoms with Gasteiger partial charge in [0.15, 0.2) is 0 Å². The summed E-state index contributed by atoms with van der Waals surface area (Å²) in [6.07, 6.45) is -3.29. The first-order chi connectivity index (χ1) is 21.9. The standard InChI is InChI=1S/C32H29F5N4O5/c1-17-6-9-25(44-2)29(39-17)21-8-7-18(20-5-4-10-38-28(20)21)13-24(31(43)45-3)40-30(42)27-22(33)14-19(15-23(27)34)41-11-12-46-16-26(41)32(35,36)37/h4-10,14-15,24,26H,11-13,16H2,1-3H3,(H,40,42)/t24-,26-/m0/s1. The third kappa shape index (κ3) is 6.57. The van der Waals surface area contributed by atoms with Crippen LogP contribution in [0, 0.1) is 18.6 Å². The van der Waals surface area contributed by atoms with Crippen LogP contribution in [-0.4, -0.2) is 74.1 Å². The second kappa shape index (κ2) is 13.3. The molecular weight excluding hydrogens is 615 g/mol. The third-order valence-corrected chi connectivity index (χ3v) is 7.64.